The Morgan fingerprint density at radius 1 is 1.25 bits per heavy atom. The zero-order chi connectivity index (χ0) is 14.1. The summed E-state index contributed by atoms with van der Waals surface area (Å²) in [7, 11) is 0. The number of nitrogens with one attached hydrogen (secondary N) is 1. The lowest BCUT2D eigenvalue weighted by molar-refractivity contribution is -0.115. The van der Waals surface area contributed by atoms with E-state index in [4.69, 9.17) is 16.6 Å². The van der Waals surface area contributed by atoms with E-state index in [9.17, 15) is 4.79 Å². The third-order valence-electron chi connectivity index (χ3n) is 2.68. The van der Waals surface area contributed by atoms with Crippen LogP contribution >= 0.6 is 39.9 Å². The molecule has 1 amide bonds. The molecule has 1 aromatic carbocycles. The summed E-state index contributed by atoms with van der Waals surface area (Å²) in [4.78, 5) is 12.1. The third kappa shape index (κ3) is 2.72. The van der Waals surface area contributed by atoms with Crippen LogP contribution in [0.4, 0.5) is 0 Å². The number of thioether (sulfide) groups is 1. The van der Waals surface area contributed by atoms with Gasteiger partial charge in [0.15, 0.2) is 0 Å². The molecule has 0 unspecified atom stereocenters. The molecule has 1 aliphatic rings. The Morgan fingerprint density at radius 3 is 2.75 bits per heavy atom. The molecule has 3 rings (SSSR count). The number of hydrogen-bond acceptors (Lipinski definition) is 4. The van der Waals surface area contributed by atoms with Crippen LogP contribution in [-0.2, 0) is 4.79 Å². The van der Waals surface area contributed by atoms with Gasteiger partial charge in [0.1, 0.15) is 15.8 Å². The number of thiocarbonyl (C=S) groups is 1. The van der Waals surface area contributed by atoms with Crippen LogP contribution in [0.2, 0.25) is 0 Å². The van der Waals surface area contributed by atoms with Gasteiger partial charge >= 0.3 is 0 Å². The van der Waals surface area contributed by atoms with Gasteiger partial charge in [-0.2, -0.15) is 0 Å². The van der Waals surface area contributed by atoms with E-state index in [1.165, 1.54) is 11.8 Å². The standard InChI is InChI=1S/C14H8BrNO2S2/c15-10-4-2-1-3-9(10)11-6-5-8(18-11)7-12-13(17)16-14(19)20-12/h1-7H,(H,16,17,19). The van der Waals surface area contributed by atoms with Gasteiger partial charge in [0.2, 0.25) is 0 Å². The van der Waals surface area contributed by atoms with E-state index in [2.05, 4.69) is 21.2 Å². The second kappa shape index (κ2) is 5.55. The molecule has 1 N–H and O–H groups in total. The van der Waals surface area contributed by atoms with Crippen LogP contribution in [0.5, 0.6) is 0 Å². The first-order chi connectivity index (χ1) is 9.63. The molecule has 1 saturated heterocycles. The molecule has 3 nitrogen and oxygen atoms in total. The number of carbonyl (C=O) groups is 1. The average molecular weight is 366 g/mol. The Bertz CT molecular complexity index is 736. The summed E-state index contributed by atoms with van der Waals surface area (Å²) in [5.41, 5.74) is 0.969. The Labute approximate surface area is 133 Å². The van der Waals surface area contributed by atoms with Gasteiger partial charge in [0.25, 0.3) is 5.91 Å². The van der Waals surface area contributed by atoms with Crippen LogP contribution < -0.4 is 5.32 Å². The van der Waals surface area contributed by atoms with Gasteiger partial charge < -0.3 is 9.73 Å². The van der Waals surface area contributed by atoms with Gasteiger partial charge in [-0.05, 0) is 18.2 Å². The van der Waals surface area contributed by atoms with Crippen LogP contribution in [0.25, 0.3) is 17.4 Å². The molecule has 0 aliphatic carbocycles. The molecule has 100 valence electrons. The second-order valence-corrected chi connectivity index (χ2v) is 6.61. The van der Waals surface area contributed by atoms with Crippen molar-refractivity contribution < 1.29 is 9.21 Å². The Balaban J connectivity index is 1.92. The summed E-state index contributed by atoms with van der Waals surface area (Å²) in [5.74, 6) is 1.19. The summed E-state index contributed by atoms with van der Waals surface area (Å²) in [5, 5.41) is 2.57. The molecule has 0 radical (unpaired) electrons. The molecule has 1 aliphatic heterocycles. The van der Waals surface area contributed by atoms with Gasteiger partial charge in [-0.15, -0.1) is 0 Å². The predicted octanol–water partition coefficient (Wildman–Crippen LogP) is 4.20. The predicted molar refractivity (Wildman–Crippen MR) is 88.2 cm³/mol. The maximum Gasteiger partial charge on any atom is 0.263 e. The van der Waals surface area contributed by atoms with Crippen molar-refractivity contribution in [1.82, 2.24) is 5.32 Å². The lowest BCUT2D eigenvalue weighted by atomic mass is 10.2. The summed E-state index contributed by atoms with van der Waals surface area (Å²) < 4.78 is 7.19. The molecular weight excluding hydrogens is 358 g/mol. The molecule has 1 aromatic heterocycles. The lowest BCUT2D eigenvalue weighted by Crippen LogP contribution is -2.17. The van der Waals surface area contributed by atoms with E-state index in [-0.39, 0.29) is 5.91 Å². The minimum Gasteiger partial charge on any atom is -0.457 e. The third-order valence-corrected chi connectivity index (χ3v) is 4.54. The number of furan rings is 1. The fraction of sp³-hybridized carbons (Fsp3) is 0. The first kappa shape index (κ1) is 13.6. The number of amides is 1. The van der Waals surface area contributed by atoms with Crippen molar-refractivity contribution in [2.24, 2.45) is 0 Å². The number of halogens is 1. The molecule has 20 heavy (non-hydrogen) atoms. The maximum atomic E-state index is 11.6. The van der Waals surface area contributed by atoms with Gasteiger partial charge in [0, 0.05) is 16.1 Å². The summed E-state index contributed by atoms with van der Waals surface area (Å²) in [6.07, 6.45) is 1.69. The first-order valence-electron chi connectivity index (χ1n) is 5.73. The Kier molecular flexibility index (Phi) is 3.78. The number of rotatable bonds is 2. The topological polar surface area (TPSA) is 42.2 Å². The highest BCUT2D eigenvalue weighted by Crippen LogP contribution is 2.31. The average Bonchev–Trinajstić information content (AvgIpc) is 2.98. The summed E-state index contributed by atoms with van der Waals surface area (Å²) >= 11 is 9.67. The normalized spacial score (nSPS) is 16.8. The van der Waals surface area contributed by atoms with E-state index < -0.39 is 0 Å². The van der Waals surface area contributed by atoms with Crippen molar-refractivity contribution in [3.8, 4) is 11.3 Å². The summed E-state index contributed by atoms with van der Waals surface area (Å²) in [6.45, 7) is 0. The van der Waals surface area contributed by atoms with Gasteiger partial charge in [-0.3, -0.25) is 4.79 Å². The minimum atomic E-state index is -0.182. The van der Waals surface area contributed by atoms with E-state index in [1.54, 1.807) is 6.08 Å². The second-order valence-electron chi connectivity index (χ2n) is 4.03. The van der Waals surface area contributed by atoms with Crippen molar-refractivity contribution >= 4 is 56.2 Å². The van der Waals surface area contributed by atoms with Crippen LogP contribution in [0, 0.1) is 0 Å². The summed E-state index contributed by atoms with van der Waals surface area (Å²) in [6, 6.07) is 11.5. The van der Waals surface area contributed by atoms with Crippen molar-refractivity contribution in [2.45, 2.75) is 0 Å². The van der Waals surface area contributed by atoms with Gasteiger partial charge in [-0.1, -0.05) is 58.1 Å². The Morgan fingerprint density at radius 2 is 2.05 bits per heavy atom. The molecule has 1 fully saturated rings. The largest absolute Gasteiger partial charge is 0.457 e. The fourth-order valence-corrected chi connectivity index (χ4v) is 3.29. The molecule has 0 bridgehead atoms. The van der Waals surface area contributed by atoms with E-state index >= 15 is 0 Å². The number of benzene rings is 1. The number of carbonyl (C=O) groups excluding carboxylic acids is 1. The zero-order valence-corrected chi connectivity index (χ0v) is 13.3. The molecule has 2 aromatic rings. The zero-order valence-electron chi connectivity index (χ0n) is 10.1. The van der Waals surface area contributed by atoms with E-state index in [1.807, 2.05) is 36.4 Å². The van der Waals surface area contributed by atoms with Crippen LogP contribution in [0.1, 0.15) is 5.76 Å². The van der Waals surface area contributed by atoms with Crippen molar-refractivity contribution in [3.05, 3.63) is 51.5 Å². The highest BCUT2D eigenvalue weighted by Gasteiger charge is 2.22. The minimum absolute atomic E-state index is 0.182. The smallest absolute Gasteiger partial charge is 0.263 e. The van der Waals surface area contributed by atoms with Crippen LogP contribution in [0.3, 0.4) is 0 Å². The SMILES string of the molecule is O=C1NC(=S)SC1=Cc1ccc(-c2ccccc2Br)o1. The maximum absolute atomic E-state index is 11.6. The van der Waals surface area contributed by atoms with E-state index in [0.717, 1.165) is 15.8 Å². The van der Waals surface area contributed by atoms with Gasteiger partial charge in [-0.25, -0.2) is 0 Å². The molecule has 2 heterocycles. The first-order valence-corrected chi connectivity index (χ1v) is 7.75. The molecular formula is C14H8BrNO2S2. The van der Waals surface area contributed by atoms with Gasteiger partial charge in [0.05, 0.1) is 4.91 Å². The highest BCUT2D eigenvalue weighted by molar-refractivity contribution is 9.10. The van der Waals surface area contributed by atoms with Crippen molar-refractivity contribution in [2.75, 3.05) is 0 Å². The monoisotopic (exact) mass is 365 g/mol. The lowest BCUT2D eigenvalue weighted by Gasteiger charge is -1.99. The highest BCUT2D eigenvalue weighted by atomic mass is 79.9. The fourth-order valence-electron chi connectivity index (χ4n) is 1.79. The Hall–Kier alpha value is -1.37. The molecule has 0 saturated carbocycles. The van der Waals surface area contributed by atoms with Crippen LogP contribution in [-0.4, -0.2) is 10.2 Å². The van der Waals surface area contributed by atoms with Crippen LogP contribution in [0.15, 0.2) is 50.2 Å². The van der Waals surface area contributed by atoms with E-state index in [0.29, 0.717) is 15.0 Å². The molecule has 0 atom stereocenters. The number of hydrogen-bond donors (Lipinski definition) is 1. The molecule has 6 heteroatoms. The molecule has 0 spiro atoms. The van der Waals surface area contributed by atoms with Crippen molar-refractivity contribution in [3.63, 3.8) is 0 Å². The van der Waals surface area contributed by atoms with Crippen molar-refractivity contribution in [1.29, 1.82) is 0 Å². The quantitative estimate of drug-likeness (QED) is 0.639.